The second kappa shape index (κ2) is 7.08. The van der Waals surface area contributed by atoms with Crippen molar-refractivity contribution >= 4 is 6.21 Å². The Kier molecular flexibility index (Phi) is 6.73. The van der Waals surface area contributed by atoms with Crippen molar-refractivity contribution in [1.82, 2.24) is 0 Å². The van der Waals surface area contributed by atoms with Crippen molar-refractivity contribution in [2.75, 3.05) is 0 Å². The lowest BCUT2D eigenvalue weighted by atomic mass is 10.1. The first kappa shape index (κ1) is 11.4. The molecule has 1 heteroatoms. The molecule has 0 heterocycles. The molecule has 0 saturated heterocycles. The van der Waals surface area contributed by atoms with E-state index in [2.05, 4.69) is 25.8 Å². The molecule has 0 aliphatic rings. The third-order valence-corrected chi connectivity index (χ3v) is 2.08. The van der Waals surface area contributed by atoms with Gasteiger partial charge in [-0.1, -0.05) is 25.8 Å². The summed E-state index contributed by atoms with van der Waals surface area (Å²) in [6, 6.07) is 0. The van der Waals surface area contributed by atoms with Gasteiger partial charge in [0.2, 0.25) is 0 Å². The van der Waals surface area contributed by atoms with Gasteiger partial charge in [0.05, 0.1) is 0 Å². The van der Waals surface area contributed by atoms with E-state index in [1.54, 1.807) is 0 Å². The number of aliphatic imine (C=N–C) groups is 1. The van der Waals surface area contributed by atoms with Crippen LogP contribution in [0.15, 0.2) is 16.3 Å². The van der Waals surface area contributed by atoms with E-state index in [4.69, 9.17) is 0 Å². The number of hydrogen-bond acceptors (Lipinski definition) is 1. The fourth-order valence-corrected chi connectivity index (χ4v) is 1.09. The smallest absolute Gasteiger partial charge is 0.0388 e. The van der Waals surface area contributed by atoms with Crippen LogP contribution < -0.4 is 0 Å². The Morgan fingerprint density at radius 1 is 1.33 bits per heavy atom. The summed E-state index contributed by atoms with van der Waals surface area (Å²) in [6.07, 6.45) is 6.66. The van der Waals surface area contributed by atoms with Crippen LogP contribution in [0.3, 0.4) is 0 Å². The zero-order valence-corrected chi connectivity index (χ0v) is 8.85. The van der Waals surface area contributed by atoms with E-state index in [9.17, 15) is 0 Å². The number of unbranched alkanes of at least 4 members (excludes halogenated alkanes) is 1. The van der Waals surface area contributed by atoms with Gasteiger partial charge in [-0.3, -0.25) is 4.99 Å². The Hall–Kier alpha value is -0.590. The molecular weight excluding hydrogens is 146 g/mol. The topological polar surface area (TPSA) is 12.4 Å². The summed E-state index contributed by atoms with van der Waals surface area (Å²) < 4.78 is 0. The summed E-state index contributed by atoms with van der Waals surface area (Å²) in [5, 5.41) is 0. The Balaban J connectivity index is 4.21. The van der Waals surface area contributed by atoms with Crippen LogP contribution in [0.1, 0.15) is 53.4 Å². The Bertz CT molecular complexity index is 166. The van der Waals surface area contributed by atoms with E-state index in [1.165, 1.54) is 24.1 Å². The minimum atomic E-state index is 1.12. The Labute approximate surface area is 76.6 Å². The maximum absolute atomic E-state index is 4.39. The molecule has 0 N–H and O–H groups in total. The van der Waals surface area contributed by atoms with Crippen LogP contribution in [-0.2, 0) is 0 Å². The van der Waals surface area contributed by atoms with E-state index >= 15 is 0 Å². The molecule has 0 saturated carbocycles. The predicted octanol–water partition coefficient (Wildman–Crippen LogP) is 3.95. The summed E-state index contributed by atoms with van der Waals surface area (Å²) in [6.45, 7) is 8.56. The first-order valence-electron chi connectivity index (χ1n) is 4.93. The first-order valence-corrected chi connectivity index (χ1v) is 4.93. The van der Waals surface area contributed by atoms with Gasteiger partial charge in [0, 0.05) is 11.9 Å². The molecule has 0 bridgehead atoms. The molecule has 0 radical (unpaired) electrons. The van der Waals surface area contributed by atoms with Gasteiger partial charge in [0.25, 0.3) is 0 Å². The highest BCUT2D eigenvalue weighted by Crippen LogP contribution is 2.15. The summed E-state index contributed by atoms with van der Waals surface area (Å²) in [5.41, 5.74) is 2.73. The van der Waals surface area contributed by atoms with Crippen molar-refractivity contribution < 1.29 is 0 Å². The lowest BCUT2D eigenvalue weighted by Crippen LogP contribution is -1.86. The highest BCUT2D eigenvalue weighted by molar-refractivity contribution is 5.55. The predicted molar refractivity (Wildman–Crippen MR) is 56.7 cm³/mol. The van der Waals surface area contributed by atoms with Crippen LogP contribution in [0, 0.1) is 0 Å². The molecule has 1 nitrogen and oxygen atoms in total. The van der Waals surface area contributed by atoms with Gasteiger partial charge in [0.15, 0.2) is 0 Å². The van der Waals surface area contributed by atoms with Gasteiger partial charge in [-0.2, -0.15) is 0 Å². The minimum absolute atomic E-state index is 1.12. The second-order valence-electron chi connectivity index (χ2n) is 3.07. The maximum Gasteiger partial charge on any atom is 0.0388 e. The van der Waals surface area contributed by atoms with E-state index in [1.807, 2.05) is 13.1 Å². The number of nitrogens with zero attached hydrogens (tertiary/aromatic N) is 1. The molecule has 0 amide bonds. The van der Waals surface area contributed by atoms with E-state index in [0.717, 1.165) is 12.8 Å². The minimum Gasteiger partial charge on any atom is -0.266 e. The van der Waals surface area contributed by atoms with Crippen molar-refractivity contribution in [2.45, 2.75) is 53.4 Å². The van der Waals surface area contributed by atoms with Crippen molar-refractivity contribution in [2.24, 2.45) is 4.99 Å². The Morgan fingerprint density at radius 2 is 2.00 bits per heavy atom. The van der Waals surface area contributed by atoms with Crippen LogP contribution in [0.4, 0.5) is 0 Å². The van der Waals surface area contributed by atoms with Gasteiger partial charge >= 0.3 is 0 Å². The summed E-state index contributed by atoms with van der Waals surface area (Å²) >= 11 is 0. The molecule has 0 unspecified atom stereocenters. The van der Waals surface area contributed by atoms with Crippen LogP contribution >= 0.6 is 0 Å². The molecule has 12 heavy (non-hydrogen) atoms. The molecule has 0 rings (SSSR count). The molecule has 0 aromatic rings. The number of rotatable bonds is 5. The maximum atomic E-state index is 4.39. The normalized spacial score (nSPS) is 13.7. The lowest BCUT2D eigenvalue weighted by Gasteiger charge is -2.04. The van der Waals surface area contributed by atoms with Crippen LogP contribution in [0.2, 0.25) is 0 Å². The average molecular weight is 167 g/mol. The van der Waals surface area contributed by atoms with Crippen molar-refractivity contribution in [3.63, 3.8) is 0 Å². The van der Waals surface area contributed by atoms with Gasteiger partial charge in [-0.05, 0) is 33.1 Å². The van der Waals surface area contributed by atoms with Gasteiger partial charge in [0.1, 0.15) is 0 Å². The van der Waals surface area contributed by atoms with E-state index < -0.39 is 0 Å². The summed E-state index contributed by atoms with van der Waals surface area (Å²) in [5.74, 6) is 0. The molecule has 0 aliphatic heterocycles. The fourth-order valence-electron chi connectivity index (χ4n) is 1.09. The Morgan fingerprint density at radius 3 is 2.42 bits per heavy atom. The number of hydrogen-bond donors (Lipinski definition) is 0. The SMILES string of the molecule is CC=N/C(CCCC)=C(/C)CC. The van der Waals surface area contributed by atoms with E-state index in [0.29, 0.717) is 0 Å². The van der Waals surface area contributed by atoms with Crippen molar-refractivity contribution in [1.29, 1.82) is 0 Å². The van der Waals surface area contributed by atoms with Gasteiger partial charge in [-0.15, -0.1) is 0 Å². The molecule has 0 fully saturated rings. The molecule has 0 aliphatic carbocycles. The standard InChI is InChI=1S/C11H21N/c1-5-8-9-11(12-7-3)10(4)6-2/h7H,5-6,8-9H2,1-4H3/b11-10-,12-7?. The molecule has 0 spiro atoms. The largest absolute Gasteiger partial charge is 0.266 e. The molecule has 70 valence electrons. The zero-order chi connectivity index (χ0) is 9.40. The lowest BCUT2D eigenvalue weighted by molar-refractivity contribution is 0.769. The number of allylic oxidation sites excluding steroid dienone is 2. The third-order valence-electron chi connectivity index (χ3n) is 2.08. The third kappa shape index (κ3) is 4.32. The van der Waals surface area contributed by atoms with E-state index in [-0.39, 0.29) is 0 Å². The quantitative estimate of drug-likeness (QED) is 0.550. The highest BCUT2D eigenvalue weighted by atomic mass is 14.7. The average Bonchev–Trinajstić information content (AvgIpc) is 2.11. The zero-order valence-electron chi connectivity index (χ0n) is 8.85. The highest BCUT2D eigenvalue weighted by Gasteiger charge is 1.97. The first-order chi connectivity index (χ1) is 5.76. The van der Waals surface area contributed by atoms with Gasteiger partial charge in [-0.25, -0.2) is 0 Å². The van der Waals surface area contributed by atoms with Crippen LogP contribution in [0.5, 0.6) is 0 Å². The second-order valence-corrected chi connectivity index (χ2v) is 3.07. The van der Waals surface area contributed by atoms with Crippen LogP contribution in [0.25, 0.3) is 0 Å². The van der Waals surface area contributed by atoms with Gasteiger partial charge < -0.3 is 0 Å². The fraction of sp³-hybridized carbons (Fsp3) is 0.727. The molecule has 0 atom stereocenters. The summed E-state index contributed by atoms with van der Waals surface area (Å²) in [4.78, 5) is 4.39. The molecule has 0 aromatic heterocycles. The van der Waals surface area contributed by atoms with Crippen molar-refractivity contribution in [3.05, 3.63) is 11.3 Å². The monoisotopic (exact) mass is 167 g/mol. The molecular formula is C11H21N. The van der Waals surface area contributed by atoms with Crippen molar-refractivity contribution in [3.8, 4) is 0 Å². The van der Waals surface area contributed by atoms with Crippen LogP contribution in [-0.4, -0.2) is 6.21 Å². The molecule has 0 aromatic carbocycles. The summed E-state index contributed by atoms with van der Waals surface area (Å²) in [7, 11) is 0.